The number of hydrogen-bond acceptors (Lipinski definition) is 5. The standard InChI is InChI=1S/C20H18ClFN4O2.C2H6/c1-27-14-7-6-12(17(8-14)28-2)10-23-20-25-18-15(4-3-5-16(18)22)19-24-13(9-21)11-26(19)20;1-2/h3-8,11H,9-10H2,1-2H3,(H,23,25);1-2H3. The fraction of sp³-hybridized carbons (Fsp3) is 0.273. The Morgan fingerprint density at radius 3 is 2.60 bits per heavy atom. The number of rotatable bonds is 6. The van der Waals surface area contributed by atoms with E-state index in [0.717, 1.165) is 5.56 Å². The number of para-hydroxylation sites is 1. The zero-order chi connectivity index (χ0) is 21.7. The van der Waals surface area contributed by atoms with Gasteiger partial charge in [-0.15, -0.1) is 11.6 Å². The Hall–Kier alpha value is -3.06. The highest BCUT2D eigenvalue weighted by molar-refractivity contribution is 6.17. The number of nitrogens with zero attached hydrogens (tertiary/aromatic N) is 3. The van der Waals surface area contributed by atoms with Crippen molar-refractivity contribution in [1.29, 1.82) is 0 Å². The maximum atomic E-state index is 14.4. The van der Waals surface area contributed by atoms with Crippen LogP contribution in [0.3, 0.4) is 0 Å². The molecule has 0 aliphatic carbocycles. The fourth-order valence-electron chi connectivity index (χ4n) is 3.11. The average molecular weight is 431 g/mol. The maximum Gasteiger partial charge on any atom is 0.209 e. The van der Waals surface area contributed by atoms with Gasteiger partial charge in [0.25, 0.3) is 0 Å². The van der Waals surface area contributed by atoms with E-state index in [2.05, 4.69) is 15.3 Å². The van der Waals surface area contributed by atoms with Crippen LogP contribution in [0.1, 0.15) is 25.1 Å². The van der Waals surface area contributed by atoms with E-state index in [1.54, 1.807) is 36.9 Å². The number of imidazole rings is 1. The number of fused-ring (bicyclic) bond motifs is 3. The Bertz CT molecular complexity index is 1160. The summed E-state index contributed by atoms with van der Waals surface area (Å²) in [5.74, 6) is 1.71. The molecular weight excluding hydrogens is 407 g/mol. The van der Waals surface area contributed by atoms with Crippen molar-refractivity contribution in [3.8, 4) is 11.5 Å². The van der Waals surface area contributed by atoms with Gasteiger partial charge in [0, 0.05) is 29.8 Å². The number of methoxy groups -OCH3 is 2. The van der Waals surface area contributed by atoms with Crippen molar-refractivity contribution in [2.24, 2.45) is 0 Å². The van der Waals surface area contributed by atoms with Crippen molar-refractivity contribution >= 4 is 34.1 Å². The molecule has 2 aromatic carbocycles. The minimum Gasteiger partial charge on any atom is -0.497 e. The molecule has 8 heteroatoms. The Morgan fingerprint density at radius 2 is 1.90 bits per heavy atom. The lowest BCUT2D eigenvalue weighted by molar-refractivity contribution is 0.391. The van der Waals surface area contributed by atoms with Crippen LogP contribution in [0.5, 0.6) is 11.5 Å². The summed E-state index contributed by atoms with van der Waals surface area (Å²) in [7, 11) is 3.20. The highest BCUT2D eigenvalue weighted by atomic mass is 35.5. The van der Waals surface area contributed by atoms with Crippen LogP contribution in [0.4, 0.5) is 10.3 Å². The van der Waals surface area contributed by atoms with E-state index in [9.17, 15) is 4.39 Å². The van der Waals surface area contributed by atoms with Crippen LogP contribution in [0.15, 0.2) is 42.6 Å². The maximum absolute atomic E-state index is 14.4. The third-order valence-electron chi connectivity index (χ3n) is 4.50. The van der Waals surface area contributed by atoms with Gasteiger partial charge in [-0.25, -0.2) is 14.4 Å². The molecule has 2 aromatic heterocycles. The van der Waals surface area contributed by atoms with Gasteiger partial charge < -0.3 is 14.8 Å². The second kappa shape index (κ2) is 9.63. The van der Waals surface area contributed by atoms with Gasteiger partial charge in [-0.1, -0.05) is 19.9 Å². The summed E-state index contributed by atoms with van der Waals surface area (Å²) in [6, 6.07) is 10.4. The molecule has 158 valence electrons. The molecule has 0 bridgehead atoms. The van der Waals surface area contributed by atoms with Crippen LogP contribution in [-0.2, 0) is 12.4 Å². The van der Waals surface area contributed by atoms with Crippen molar-refractivity contribution in [3.05, 3.63) is 59.7 Å². The molecule has 4 aromatic rings. The van der Waals surface area contributed by atoms with Gasteiger partial charge >= 0.3 is 0 Å². The lowest BCUT2D eigenvalue weighted by atomic mass is 10.2. The van der Waals surface area contributed by atoms with Gasteiger partial charge in [-0.2, -0.15) is 0 Å². The van der Waals surface area contributed by atoms with E-state index in [1.807, 2.05) is 32.0 Å². The SMILES string of the molecule is CC.COc1ccc(CNc2nc3c(F)cccc3c3nc(CCl)cn23)c(OC)c1. The molecule has 0 saturated carbocycles. The Labute approximate surface area is 179 Å². The highest BCUT2D eigenvalue weighted by Crippen LogP contribution is 2.27. The topological polar surface area (TPSA) is 60.7 Å². The largest absolute Gasteiger partial charge is 0.497 e. The summed E-state index contributed by atoms with van der Waals surface area (Å²) in [5.41, 5.74) is 2.45. The zero-order valence-corrected chi connectivity index (χ0v) is 18.1. The molecule has 0 aliphatic rings. The van der Waals surface area contributed by atoms with Crippen LogP contribution < -0.4 is 14.8 Å². The third kappa shape index (κ3) is 4.11. The lowest BCUT2D eigenvalue weighted by Crippen LogP contribution is -2.08. The van der Waals surface area contributed by atoms with Gasteiger partial charge in [0.05, 0.1) is 25.8 Å². The van der Waals surface area contributed by atoms with E-state index in [1.165, 1.54) is 6.07 Å². The summed E-state index contributed by atoms with van der Waals surface area (Å²) in [4.78, 5) is 9.00. The second-order valence-corrected chi connectivity index (χ2v) is 6.43. The van der Waals surface area contributed by atoms with Crippen LogP contribution in [0.25, 0.3) is 16.6 Å². The number of hydrogen-bond donors (Lipinski definition) is 1. The molecule has 0 amide bonds. The Kier molecular flexibility index (Phi) is 6.95. The first-order valence-corrected chi connectivity index (χ1v) is 10.1. The molecule has 0 unspecified atom stereocenters. The average Bonchev–Trinajstić information content (AvgIpc) is 3.24. The fourth-order valence-corrected chi connectivity index (χ4v) is 3.24. The molecule has 6 nitrogen and oxygen atoms in total. The van der Waals surface area contributed by atoms with E-state index in [4.69, 9.17) is 21.1 Å². The summed E-state index contributed by atoms with van der Waals surface area (Å²) in [5, 5.41) is 3.88. The minimum absolute atomic E-state index is 0.254. The predicted octanol–water partition coefficient (Wildman–Crippen LogP) is 5.42. The third-order valence-corrected chi connectivity index (χ3v) is 4.77. The molecule has 0 fully saturated rings. The summed E-state index contributed by atoms with van der Waals surface area (Å²) in [6.07, 6.45) is 1.80. The van der Waals surface area contributed by atoms with Crippen LogP contribution >= 0.6 is 11.6 Å². The minimum atomic E-state index is -0.402. The summed E-state index contributed by atoms with van der Waals surface area (Å²) < 4.78 is 26.8. The number of benzene rings is 2. The van der Waals surface area contributed by atoms with Gasteiger partial charge in [-0.05, 0) is 24.3 Å². The van der Waals surface area contributed by atoms with Crippen molar-refractivity contribution in [1.82, 2.24) is 14.4 Å². The first-order chi connectivity index (χ1) is 14.6. The zero-order valence-electron chi connectivity index (χ0n) is 17.4. The molecule has 0 aliphatic heterocycles. The first kappa shape index (κ1) is 21.6. The second-order valence-electron chi connectivity index (χ2n) is 6.16. The summed E-state index contributed by atoms with van der Waals surface area (Å²) in [6.45, 7) is 4.42. The normalized spacial score (nSPS) is 10.6. The first-order valence-electron chi connectivity index (χ1n) is 9.61. The summed E-state index contributed by atoms with van der Waals surface area (Å²) >= 11 is 5.96. The van der Waals surface area contributed by atoms with Crippen LogP contribution in [0, 0.1) is 5.82 Å². The van der Waals surface area contributed by atoms with Crippen molar-refractivity contribution < 1.29 is 13.9 Å². The van der Waals surface area contributed by atoms with Gasteiger partial charge in [-0.3, -0.25) is 4.40 Å². The highest BCUT2D eigenvalue weighted by Gasteiger charge is 2.14. The van der Waals surface area contributed by atoms with E-state index in [-0.39, 0.29) is 11.4 Å². The van der Waals surface area contributed by atoms with Gasteiger partial charge in [0.1, 0.15) is 28.5 Å². The van der Waals surface area contributed by atoms with Crippen molar-refractivity contribution in [2.75, 3.05) is 19.5 Å². The Morgan fingerprint density at radius 1 is 1.10 bits per heavy atom. The lowest BCUT2D eigenvalue weighted by Gasteiger charge is -2.13. The smallest absolute Gasteiger partial charge is 0.209 e. The molecule has 4 rings (SSSR count). The Balaban J connectivity index is 0.00000124. The molecule has 30 heavy (non-hydrogen) atoms. The van der Waals surface area contributed by atoms with Crippen LogP contribution in [-0.4, -0.2) is 28.6 Å². The van der Waals surface area contributed by atoms with E-state index >= 15 is 0 Å². The number of aromatic nitrogens is 3. The number of anilines is 1. The van der Waals surface area contributed by atoms with Gasteiger partial charge in [0.15, 0.2) is 0 Å². The number of alkyl halides is 1. The molecule has 0 atom stereocenters. The molecular formula is C22H24ClFN4O2. The van der Waals surface area contributed by atoms with Crippen molar-refractivity contribution in [2.45, 2.75) is 26.3 Å². The molecule has 2 heterocycles. The molecule has 1 N–H and O–H groups in total. The van der Waals surface area contributed by atoms with Crippen molar-refractivity contribution in [3.63, 3.8) is 0 Å². The quantitative estimate of drug-likeness (QED) is 0.414. The molecule has 0 radical (unpaired) electrons. The number of ether oxygens (including phenoxy) is 2. The predicted molar refractivity (Wildman–Crippen MR) is 118 cm³/mol. The number of halogens is 2. The molecule has 0 spiro atoms. The van der Waals surface area contributed by atoms with Gasteiger partial charge in [0.2, 0.25) is 5.95 Å². The monoisotopic (exact) mass is 430 g/mol. The van der Waals surface area contributed by atoms with Crippen LogP contribution in [0.2, 0.25) is 0 Å². The molecule has 0 saturated heterocycles. The number of nitrogens with one attached hydrogen (secondary N) is 1. The van der Waals surface area contributed by atoms with E-state index in [0.29, 0.717) is 40.7 Å². The van der Waals surface area contributed by atoms with E-state index < -0.39 is 5.82 Å².